The second kappa shape index (κ2) is 15.5. The van der Waals surface area contributed by atoms with E-state index in [0.717, 1.165) is 24.4 Å². The Morgan fingerprint density at radius 2 is 1.96 bits per heavy atom. The van der Waals surface area contributed by atoms with Gasteiger partial charge in [-0.05, 0) is 43.6 Å². The number of nitrogens with two attached hydrogens (primary N) is 1. The minimum absolute atomic E-state index is 0.578. The van der Waals surface area contributed by atoms with Crippen LogP contribution in [-0.2, 0) is 16.1 Å². The molecule has 132 valence electrons. The molecular formula is C19H34N2O2. The Hall–Kier alpha value is -1.36. The van der Waals surface area contributed by atoms with Crippen LogP contribution in [0.2, 0.25) is 0 Å². The molecule has 4 heteroatoms. The van der Waals surface area contributed by atoms with Crippen molar-refractivity contribution in [3.63, 3.8) is 0 Å². The van der Waals surface area contributed by atoms with E-state index in [1.54, 1.807) is 13.2 Å². The van der Waals surface area contributed by atoms with Gasteiger partial charge in [0.15, 0.2) is 0 Å². The van der Waals surface area contributed by atoms with Crippen LogP contribution in [-0.4, -0.2) is 44.9 Å². The highest BCUT2D eigenvalue weighted by molar-refractivity contribution is 5.40. The second-order valence-corrected chi connectivity index (χ2v) is 5.09. The quantitative estimate of drug-likeness (QED) is 0.472. The third-order valence-corrected chi connectivity index (χ3v) is 3.27. The van der Waals surface area contributed by atoms with Crippen LogP contribution in [0.1, 0.15) is 32.3 Å². The van der Waals surface area contributed by atoms with Crippen LogP contribution in [0, 0.1) is 0 Å². The fraction of sp³-hybridized carbons (Fsp3) is 0.579. The number of methoxy groups -OCH3 is 1. The van der Waals surface area contributed by atoms with Crippen molar-refractivity contribution in [1.82, 2.24) is 4.90 Å². The summed E-state index contributed by atoms with van der Waals surface area (Å²) < 4.78 is 10.2. The molecule has 1 aliphatic rings. The second-order valence-electron chi connectivity index (χ2n) is 5.09. The lowest BCUT2D eigenvalue weighted by molar-refractivity contribution is 0.149. The van der Waals surface area contributed by atoms with Gasteiger partial charge in [-0.15, -0.1) is 6.58 Å². The van der Waals surface area contributed by atoms with Gasteiger partial charge in [-0.2, -0.15) is 0 Å². The van der Waals surface area contributed by atoms with Gasteiger partial charge in [0.2, 0.25) is 0 Å². The van der Waals surface area contributed by atoms with Crippen LogP contribution < -0.4 is 5.73 Å². The van der Waals surface area contributed by atoms with Crippen LogP contribution in [0.25, 0.3) is 0 Å². The van der Waals surface area contributed by atoms with Gasteiger partial charge in [-0.25, -0.2) is 0 Å². The highest BCUT2D eigenvalue weighted by atomic mass is 16.5. The molecule has 0 spiro atoms. The number of rotatable bonds is 7. The fourth-order valence-electron chi connectivity index (χ4n) is 2.17. The molecule has 0 atom stereocenters. The van der Waals surface area contributed by atoms with E-state index < -0.39 is 0 Å². The largest absolute Gasteiger partial charge is 0.399 e. The first-order valence-electron chi connectivity index (χ1n) is 8.50. The van der Waals surface area contributed by atoms with Crippen molar-refractivity contribution in [3.8, 4) is 0 Å². The molecule has 0 amide bonds. The predicted octanol–water partition coefficient (Wildman–Crippen LogP) is 3.73. The van der Waals surface area contributed by atoms with Gasteiger partial charge in [0.1, 0.15) is 0 Å². The van der Waals surface area contributed by atoms with Gasteiger partial charge in [0, 0.05) is 19.3 Å². The van der Waals surface area contributed by atoms with Gasteiger partial charge in [-0.1, -0.05) is 32.1 Å². The molecule has 23 heavy (non-hydrogen) atoms. The summed E-state index contributed by atoms with van der Waals surface area (Å²) in [5.41, 5.74) is 7.45. The summed E-state index contributed by atoms with van der Waals surface area (Å²) in [6, 6.07) is 7.67. The van der Waals surface area contributed by atoms with Gasteiger partial charge in [0.05, 0.1) is 19.8 Å². The molecule has 0 unspecified atom stereocenters. The summed E-state index contributed by atoms with van der Waals surface area (Å²) in [6.07, 6.45) is 4.49. The third kappa shape index (κ3) is 11.8. The molecule has 0 saturated carbocycles. The van der Waals surface area contributed by atoms with E-state index in [2.05, 4.69) is 11.5 Å². The molecular weight excluding hydrogens is 288 g/mol. The third-order valence-electron chi connectivity index (χ3n) is 3.27. The molecule has 1 aromatic carbocycles. The fourth-order valence-corrected chi connectivity index (χ4v) is 2.17. The van der Waals surface area contributed by atoms with E-state index in [-0.39, 0.29) is 0 Å². The maximum atomic E-state index is 5.59. The van der Waals surface area contributed by atoms with E-state index in [1.165, 1.54) is 25.9 Å². The summed E-state index contributed by atoms with van der Waals surface area (Å²) in [5.74, 6) is 0. The Morgan fingerprint density at radius 1 is 1.26 bits per heavy atom. The Kier molecular flexibility index (Phi) is 14.6. The zero-order valence-electron chi connectivity index (χ0n) is 15.1. The first kappa shape index (κ1) is 21.6. The monoisotopic (exact) mass is 322 g/mol. The molecule has 1 aliphatic heterocycles. The van der Waals surface area contributed by atoms with E-state index in [0.29, 0.717) is 13.2 Å². The number of hydrogen-bond donors (Lipinski definition) is 1. The smallest absolute Gasteiger partial charge is 0.0721 e. The Morgan fingerprint density at radius 3 is 2.52 bits per heavy atom. The Balaban J connectivity index is 0.000000392. The SMILES string of the molecule is C=CCOCc1cccc(N)c1.CC.COCCN1CCCC1. The topological polar surface area (TPSA) is 47.7 Å². The van der Waals surface area contributed by atoms with Crippen LogP contribution in [0.5, 0.6) is 0 Å². The Labute approximate surface area is 142 Å². The van der Waals surface area contributed by atoms with Crippen molar-refractivity contribution in [2.45, 2.75) is 33.3 Å². The number of benzene rings is 1. The van der Waals surface area contributed by atoms with E-state index in [4.69, 9.17) is 15.2 Å². The molecule has 0 bridgehead atoms. The molecule has 2 N–H and O–H groups in total. The van der Waals surface area contributed by atoms with E-state index in [9.17, 15) is 0 Å². The first-order valence-corrected chi connectivity index (χ1v) is 8.50. The minimum atomic E-state index is 0.578. The molecule has 1 fully saturated rings. The van der Waals surface area contributed by atoms with Gasteiger partial charge in [0.25, 0.3) is 0 Å². The summed E-state index contributed by atoms with van der Waals surface area (Å²) in [6.45, 7) is 13.3. The number of hydrogen-bond acceptors (Lipinski definition) is 4. The van der Waals surface area contributed by atoms with Crippen molar-refractivity contribution in [2.75, 3.05) is 45.7 Å². The zero-order chi connectivity index (χ0) is 17.3. The van der Waals surface area contributed by atoms with Crippen LogP contribution in [0.4, 0.5) is 5.69 Å². The number of likely N-dealkylation sites (tertiary alicyclic amines) is 1. The molecule has 4 nitrogen and oxygen atoms in total. The van der Waals surface area contributed by atoms with Crippen LogP contribution in [0.3, 0.4) is 0 Å². The first-order chi connectivity index (χ1) is 11.3. The van der Waals surface area contributed by atoms with Crippen molar-refractivity contribution in [3.05, 3.63) is 42.5 Å². The molecule has 2 rings (SSSR count). The lowest BCUT2D eigenvalue weighted by atomic mass is 10.2. The lowest BCUT2D eigenvalue weighted by Gasteiger charge is -2.12. The zero-order valence-corrected chi connectivity index (χ0v) is 15.1. The average Bonchev–Trinajstić information content (AvgIpc) is 3.09. The van der Waals surface area contributed by atoms with E-state index in [1.807, 2.05) is 38.1 Å². The molecule has 1 aromatic rings. The number of nitrogens with zero attached hydrogens (tertiary/aromatic N) is 1. The molecule has 1 saturated heterocycles. The van der Waals surface area contributed by atoms with E-state index >= 15 is 0 Å². The minimum Gasteiger partial charge on any atom is -0.399 e. The highest BCUT2D eigenvalue weighted by Gasteiger charge is 2.09. The predicted molar refractivity (Wildman–Crippen MR) is 99.6 cm³/mol. The normalized spacial score (nSPS) is 13.5. The molecule has 1 heterocycles. The lowest BCUT2D eigenvalue weighted by Crippen LogP contribution is -2.23. The molecule has 0 aromatic heterocycles. The highest BCUT2D eigenvalue weighted by Crippen LogP contribution is 2.07. The standard InChI is InChI=1S/C10H13NO.C7H15NO.C2H6/c1-2-6-12-8-9-4-3-5-10(11)7-9;1-9-7-6-8-4-2-3-5-8;1-2/h2-5,7H,1,6,8,11H2;2-7H2,1H3;1-2H3. The Bertz CT molecular complexity index is 391. The number of anilines is 1. The number of ether oxygens (including phenoxy) is 2. The van der Waals surface area contributed by atoms with Crippen molar-refractivity contribution in [2.24, 2.45) is 0 Å². The summed E-state index contributed by atoms with van der Waals surface area (Å²) in [5, 5.41) is 0. The van der Waals surface area contributed by atoms with Crippen molar-refractivity contribution in [1.29, 1.82) is 0 Å². The number of nitrogen functional groups attached to an aromatic ring is 1. The maximum Gasteiger partial charge on any atom is 0.0721 e. The summed E-state index contributed by atoms with van der Waals surface area (Å²) in [7, 11) is 1.76. The molecule has 0 aliphatic carbocycles. The van der Waals surface area contributed by atoms with Crippen LogP contribution >= 0.6 is 0 Å². The summed E-state index contributed by atoms with van der Waals surface area (Å²) >= 11 is 0. The van der Waals surface area contributed by atoms with Gasteiger partial charge >= 0.3 is 0 Å². The van der Waals surface area contributed by atoms with Gasteiger partial charge in [-0.3, -0.25) is 0 Å². The average molecular weight is 322 g/mol. The van der Waals surface area contributed by atoms with Gasteiger partial charge < -0.3 is 20.1 Å². The van der Waals surface area contributed by atoms with Crippen molar-refractivity contribution < 1.29 is 9.47 Å². The summed E-state index contributed by atoms with van der Waals surface area (Å²) in [4.78, 5) is 2.45. The maximum absolute atomic E-state index is 5.59. The van der Waals surface area contributed by atoms with Crippen molar-refractivity contribution >= 4 is 5.69 Å². The molecule has 0 radical (unpaired) electrons. The van der Waals surface area contributed by atoms with Crippen LogP contribution in [0.15, 0.2) is 36.9 Å².